The number of aromatic nitrogens is 2. The summed E-state index contributed by atoms with van der Waals surface area (Å²) >= 11 is 16.6. The van der Waals surface area contributed by atoms with E-state index >= 15 is 0 Å². The Balaban J connectivity index is 1.99. The van der Waals surface area contributed by atoms with E-state index in [-0.39, 0.29) is 6.10 Å². The Morgan fingerprint density at radius 2 is 2.29 bits per heavy atom. The summed E-state index contributed by atoms with van der Waals surface area (Å²) in [5, 5.41) is 1.09. The predicted octanol–water partition coefficient (Wildman–Crippen LogP) is 3.39. The average Bonchev–Trinajstić information content (AvgIpc) is 3.09. The number of nitrogens with zero attached hydrogens (tertiary/aromatic N) is 2. The lowest BCUT2D eigenvalue weighted by molar-refractivity contribution is -0.184. The molecule has 1 aliphatic rings. The van der Waals surface area contributed by atoms with Crippen molar-refractivity contribution in [1.82, 2.24) is 9.55 Å². The molecule has 1 saturated heterocycles. The van der Waals surface area contributed by atoms with E-state index in [0.29, 0.717) is 28.9 Å². The van der Waals surface area contributed by atoms with Gasteiger partial charge in [-0.15, -0.1) is 0 Å². The fourth-order valence-electron chi connectivity index (χ4n) is 2.38. The highest BCUT2D eigenvalue weighted by molar-refractivity contribution is 7.80. The molecule has 21 heavy (non-hydrogen) atoms. The highest BCUT2D eigenvalue weighted by Crippen LogP contribution is 2.40. The number of thiol groups is 1. The summed E-state index contributed by atoms with van der Waals surface area (Å²) in [6, 6.07) is 5.30. The SMILES string of the molecule is SC[C@@H]1CO[C@@](Cn2ccnc2)(c2ccc(Cl)cc2Cl)O1. The van der Waals surface area contributed by atoms with Gasteiger partial charge in [0.1, 0.15) is 0 Å². The van der Waals surface area contributed by atoms with Crippen molar-refractivity contribution in [1.29, 1.82) is 0 Å². The molecule has 0 N–H and O–H groups in total. The molecule has 0 bridgehead atoms. The molecule has 0 radical (unpaired) electrons. The lowest BCUT2D eigenvalue weighted by atomic mass is 10.1. The van der Waals surface area contributed by atoms with Crippen LogP contribution in [0.5, 0.6) is 0 Å². The van der Waals surface area contributed by atoms with Crippen molar-refractivity contribution in [3.8, 4) is 0 Å². The maximum absolute atomic E-state index is 6.34. The van der Waals surface area contributed by atoms with Crippen LogP contribution >= 0.6 is 35.8 Å². The van der Waals surface area contributed by atoms with Crippen LogP contribution in [0.15, 0.2) is 36.9 Å². The number of imidazole rings is 1. The third-order valence-electron chi connectivity index (χ3n) is 3.35. The van der Waals surface area contributed by atoms with Gasteiger partial charge in [0.05, 0.1) is 30.6 Å². The van der Waals surface area contributed by atoms with Gasteiger partial charge in [-0.2, -0.15) is 12.6 Å². The van der Waals surface area contributed by atoms with Crippen LogP contribution in [-0.2, 0) is 21.8 Å². The lowest BCUT2D eigenvalue weighted by Crippen LogP contribution is -2.34. The fraction of sp³-hybridized carbons (Fsp3) is 0.357. The van der Waals surface area contributed by atoms with E-state index in [4.69, 9.17) is 32.7 Å². The second-order valence-corrected chi connectivity index (χ2v) is 6.05. The first-order valence-corrected chi connectivity index (χ1v) is 7.86. The summed E-state index contributed by atoms with van der Waals surface area (Å²) in [6.07, 6.45) is 5.20. The quantitative estimate of drug-likeness (QED) is 0.863. The standard InChI is InChI=1S/C14H14Cl2N2O2S/c15-10-1-2-12(13(16)5-10)14(8-18-4-3-17-9-18)19-6-11(7-21)20-14/h1-5,9,11,21H,6-8H2/t11-,14+/m0/s1. The van der Waals surface area contributed by atoms with Crippen LogP contribution in [0, 0.1) is 0 Å². The van der Waals surface area contributed by atoms with Crippen molar-refractivity contribution in [2.75, 3.05) is 12.4 Å². The van der Waals surface area contributed by atoms with Gasteiger partial charge in [-0.3, -0.25) is 0 Å². The van der Waals surface area contributed by atoms with Crippen LogP contribution in [0.25, 0.3) is 0 Å². The summed E-state index contributed by atoms with van der Waals surface area (Å²) in [6.45, 7) is 0.926. The first-order valence-electron chi connectivity index (χ1n) is 6.47. The molecule has 7 heteroatoms. The number of halogens is 2. The van der Waals surface area contributed by atoms with Crippen molar-refractivity contribution < 1.29 is 9.47 Å². The largest absolute Gasteiger partial charge is 0.342 e. The van der Waals surface area contributed by atoms with E-state index in [1.807, 2.05) is 16.8 Å². The van der Waals surface area contributed by atoms with Crippen molar-refractivity contribution in [3.63, 3.8) is 0 Å². The molecule has 0 unspecified atom stereocenters. The van der Waals surface area contributed by atoms with Crippen molar-refractivity contribution >= 4 is 35.8 Å². The smallest absolute Gasteiger partial charge is 0.215 e. The van der Waals surface area contributed by atoms with Crippen LogP contribution in [-0.4, -0.2) is 28.0 Å². The lowest BCUT2D eigenvalue weighted by Gasteiger charge is -2.29. The van der Waals surface area contributed by atoms with Gasteiger partial charge >= 0.3 is 0 Å². The highest BCUT2D eigenvalue weighted by atomic mass is 35.5. The van der Waals surface area contributed by atoms with Crippen LogP contribution in [0.1, 0.15) is 5.56 Å². The molecule has 4 nitrogen and oxygen atoms in total. The molecule has 1 aromatic heterocycles. The van der Waals surface area contributed by atoms with Gasteiger partial charge in [-0.05, 0) is 12.1 Å². The Morgan fingerprint density at radius 3 is 2.90 bits per heavy atom. The Hall–Kier alpha value is -0.720. The molecule has 2 atom stereocenters. The molecule has 1 aliphatic heterocycles. The van der Waals surface area contributed by atoms with E-state index < -0.39 is 5.79 Å². The molecule has 1 aromatic carbocycles. The van der Waals surface area contributed by atoms with Gasteiger partial charge in [0.25, 0.3) is 0 Å². The third kappa shape index (κ3) is 3.07. The summed E-state index contributed by atoms with van der Waals surface area (Å²) in [7, 11) is 0. The molecule has 1 fully saturated rings. The summed E-state index contributed by atoms with van der Waals surface area (Å²) in [4.78, 5) is 4.05. The number of rotatable bonds is 4. The monoisotopic (exact) mass is 344 g/mol. The van der Waals surface area contributed by atoms with E-state index in [2.05, 4.69) is 17.6 Å². The zero-order valence-electron chi connectivity index (χ0n) is 11.1. The molecule has 3 rings (SSSR count). The van der Waals surface area contributed by atoms with Gasteiger partial charge < -0.3 is 14.0 Å². The minimum atomic E-state index is -0.949. The Bertz CT molecular complexity index is 623. The molecule has 0 amide bonds. The maximum atomic E-state index is 6.34. The molecule has 0 spiro atoms. The number of ether oxygens (including phenoxy) is 2. The van der Waals surface area contributed by atoms with Crippen molar-refractivity contribution in [2.45, 2.75) is 18.4 Å². The van der Waals surface area contributed by atoms with Crippen LogP contribution in [0.3, 0.4) is 0 Å². The summed E-state index contributed by atoms with van der Waals surface area (Å²) in [5.74, 6) is -0.368. The highest BCUT2D eigenvalue weighted by Gasteiger charge is 2.44. The normalized spacial score (nSPS) is 25.4. The van der Waals surface area contributed by atoms with Gasteiger partial charge in [0.2, 0.25) is 5.79 Å². The summed E-state index contributed by atoms with van der Waals surface area (Å²) < 4.78 is 14.0. The second-order valence-electron chi connectivity index (χ2n) is 4.85. The van der Waals surface area contributed by atoms with Crippen LogP contribution in [0.4, 0.5) is 0 Å². The molecule has 2 aromatic rings. The number of benzene rings is 1. The molecular formula is C14H14Cl2N2O2S. The Labute approximate surface area is 138 Å². The van der Waals surface area contributed by atoms with E-state index in [0.717, 1.165) is 5.56 Å². The molecule has 2 heterocycles. The van der Waals surface area contributed by atoms with E-state index in [1.54, 1.807) is 24.7 Å². The van der Waals surface area contributed by atoms with Crippen molar-refractivity contribution in [2.24, 2.45) is 0 Å². The molecule has 0 saturated carbocycles. The van der Waals surface area contributed by atoms with Gasteiger partial charge in [0.15, 0.2) is 0 Å². The van der Waals surface area contributed by atoms with Crippen LogP contribution < -0.4 is 0 Å². The molecule has 0 aliphatic carbocycles. The first-order chi connectivity index (χ1) is 10.1. The molecular weight excluding hydrogens is 331 g/mol. The average molecular weight is 345 g/mol. The zero-order valence-corrected chi connectivity index (χ0v) is 13.5. The van der Waals surface area contributed by atoms with E-state index in [1.165, 1.54) is 0 Å². The maximum Gasteiger partial charge on any atom is 0.215 e. The second kappa shape index (κ2) is 6.18. The Morgan fingerprint density at radius 1 is 1.43 bits per heavy atom. The van der Waals surface area contributed by atoms with Gasteiger partial charge in [0, 0.05) is 28.7 Å². The number of hydrogen-bond donors (Lipinski definition) is 1. The predicted molar refractivity (Wildman–Crippen MR) is 85.0 cm³/mol. The zero-order chi connectivity index (χ0) is 14.9. The van der Waals surface area contributed by atoms with Crippen molar-refractivity contribution in [3.05, 3.63) is 52.5 Å². The molecule has 112 valence electrons. The van der Waals surface area contributed by atoms with Gasteiger partial charge in [-0.1, -0.05) is 29.3 Å². The first kappa shape index (κ1) is 15.2. The third-order valence-corrected chi connectivity index (χ3v) is 4.31. The van der Waals surface area contributed by atoms with Gasteiger partial charge in [-0.25, -0.2) is 4.98 Å². The minimum Gasteiger partial charge on any atom is -0.342 e. The Kier molecular flexibility index (Phi) is 4.47. The van der Waals surface area contributed by atoms with E-state index in [9.17, 15) is 0 Å². The number of hydrogen-bond acceptors (Lipinski definition) is 4. The fourth-order valence-corrected chi connectivity index (χ4v) is 3.12. The topological polar surface area (TPSA) is 36.3 Å². The minimum absolute atomic E-state index is 0.0800. The summed E-state index contributed by atoms with van der Waals surface area (Å²) in [5.41, 5.74) is 0.756. The van der Waals surface area contributed by atoms with Crippen LogP contribution in [0.2, 0.25) is 10.0 Å².